The molecule has 2 aliphatic rings. The number of para-hydroxylation sites is 3. The molecule has 0 radical (unpaired) electrons. The van der Waals surface area contributed by atoms with Crippen molar-refractivity contribution in [2.45, 2.75) is 19.3 Å². The van der Waals surface area contributed by atoms with Crippen LogP contribution in [0.2, 0.25) is 0 Å². The molecular formula is C54H35N3O3. The van der Waals surface area contributed by atoms with Crippen LogP contribution in [0.15, 0.2) is 180 Å². The second-order valence-electron chi connectivity index (χ2n) is 15.9. The fourth-order valence-corrected chi connectivity index (χ4v) is 9.09. The van der Waals surface area contributed by atoms with Crippen LogP contribution in [0.3, 0.4) is 0 Å². The summed E-state index contributed by atoms with van der Waals surface area (Å²) in [6.45, 7) is 4.54. The maximum absolute atomic E-state index is 7.04. The number of rotatable bonds is 5. The first kappa shape index (κ1) is 34.2. The van der Waals surface area contributed by atoms with Crippen molar-refractivity contribution in [3.63, 3.8) is 0 Å². The van der Waals surface area contributed by atoms with Gasteiger partial charge >= 0.3 is 0 Å². The van der Waals surface area contributed by atoms with Crippen molar-refractivity contribution in [3.05, 3.63) is 187 Å². The van der Waals surface area contributed by atoms with E-state index in [4.69, 9.17) is 28.8 Å². The number of furan rings is 1. The third-order valence-electron chi connectivity index (χ3n) is 12.1. The second-order valence-corrected chi connectivity index (χ2v) is 15.9. The third-order valence-corrected chi connectivity index (χ3v) is 12.1. The molecule has 0 fully saturated rings. The van der Waals surface area contributed by atoms with E-state index in [0.29, 0.717) is 34.7 Å². The maximum Gasteiger partial charge on any atom is 0.178 e. The van der Waals surface area contributed by atoms with Crippen LogP contribution in [0.5, 0.6) is 23.0 Å². The molecule has 0 N–H and O–H groups in total. The van der Waals surface area contributed by atoms with E-state index in [0.717, 1.165) is 72.2 Å². The topological polar surface area (TPSA) is 70.3 Å². The standard InChI is InChI=1S/C54H35N3O3/c1-54(2)42-23-10-8-19-41(42)47-43(54)30-31-46-50(47)60-49-38(22-13-25-45(49)58-46)36-16-6-7-18-40(36)53-56-51(33-14-4-3-5-15-33)55-52(57-53)34-28-26-32(27-29-34)35-20-12-21-39-37-17-9-11-24-44(37)59-48(35)39/h3-31H,1-2H3. The molecule has 60 heavy (non-hydrogen) atoms. The summed E-state index contributed by atoms with van der Waals surface area (Å²) in [6.07, 6.45) is 0. The van der Waals surface area contributed by atoms with E-state index in [1.165, 1.54) is 16.7 Å². The highest BCUT2D eigenvalue weighted by Crippen LogP contribution is 2.59. The summed E-state index contributed by atoms with van der Waals surface area (Å²) in [5.74, 6) is 4.45. The van der Waals surface area contributed by atoms with Crippen molar-refractivity contribution in [1.82, 2.24) is 15.0 Å². The molecule has 10 aromatic rings. The highest BCUT2D eigenvalue weighted by atomic mass is 16.6. The zero-order valence-electron chi connectivity index (χ0n) is 32.8. The number of nitrogens with zero attached hydrogens (tertiary/aromatic N) is 3. The lowest BCUT2D eigenvalue weighted by molar-refractivity contribution is 0.361. The van der Waals surface area contributed by atoms with Crippen molar-refractivity contribution in [3.8, 4) is 90.5 Å². The Morgan fingerprint density at radius 3 is 1.82 bits per heavy atom. The number of aromatic nitrogens is 3. The average Bonchev–Trinajstić information content (AvgIpc) is 3.80. The molecule has 1 aliphatic heterocycles. The van der Waals surface area contributed by atoms with Crippen molar-refractivity contribution in [1.29, 1.82) is 0 Å². The lowest BCUT2D eigenvalue weighted by Gasteiger charge is -2.26. The normalized spacial score (nSPS) is 13.2. The molecule has 0 amide bonds. The zero-order valence-corrected chi connectivity index (χ0v) is 32.8. The minimum atomic E-state index is -0.174. The predicted octanol–water partition coefficient (Wildman–Crippen LogP) is 14.3. The zero-order chi connectivity index (χ0) is 40.0. The fraction of sp³-hybridized carbons (Fsp3) is 0.0556. The van der Waals surface area contributed by atoms with Gasteiger partial charge in [0.05, 0.1) is 0 Å². The van der Waals surface area contributed by atoms with Gasteiger partial charge in [-0.1, -0.05) is 172 Å². The molecule has 0 saturated carbocycles. The van der Waals surface area contributed by atoms with E-state index < -0.39 is 0 Å². The van der Waals surface area contributed by atoms with Gasteiger partial charge in [0.15, 0.2) is 40.5 Å². The van der Waals surface area contributed by atoms with Gasteiger partial charge in [-0.15, -0.1) is 0 Å². The minimum absolute atomic E-state index is 0.174. The first-order valence-corrected chi connectivity index (χ1v) is 20.2. The Morgan fingerprint density at radius 2 is 0.983 bits per heavy atom. The van der Waals surface area contributed by atoms with E-state index in [-0.39, 0.29) is 5.41 Å². The number of fused-ring (bicyclic) bond motifs is 9. The quantitative estimate of drug-likeness (QED) is 0.173. The molecule has 284 valence electrons. The highest BCUT2D eigenvalue weighted by Gasteiger charge is 2.40. The number of hydrogen-bond acceptors (Lipinski definition) is 6. The molecule has 0 bridgehead atoms. The Morgan fingerprint density at radius 1 is 0.383 bits per heavy atom. The van der Waals surface area contributed by atoms with E-state index in [2.05, 4.69) is 111 Å². The van der Waals surface area contributed by atoms with Crippen molar-refractivity contribution < 1.29 is 13.9 Å². The number of hydrogen-bond donors (Lipinski definition) is 0. The van der Waals surface area contributed by atoms with E-state index in [1.54, 1.807) is 0 Å². The molecule has 6 nitrogen and oxygen atoms in total. The van der Waals surface area contributed by atoms with Gasteiger partial charge in [-0.25, -0.2) is 15.0 Å². The molecule has 0 unspecified atom stereocenters. The van der Waals surface area contributed by atoms with Gasteiger partial charge < -0.3 is 13.9 Å². The van der Waals surface area contributed by atoms with Crippen molar-refractivity contribution in [2.24, 2.45) is 0 Å². The smallest absolute Gasteiger partial charge is 0.178 e. The van der Waals surface area contributed by atoms with Crippen molar-refractivity contribution in [2.75, 3.05) is 0 Å². The third kappa shape index (κ3) is 5.24. The molecule has 1 aliphatic carbocycles. The van der Waals surface area contributed by atoms with Crippen LogP contribution in [-0.4, -0.2) is 15.0 Å². The Labute approximate surface area is 346 Å². The maximum atomic E-state index is 7.04. The lowest BCUT2D eigenvalue weighted by Crippen LogP contribution is -2.15. The largest absolute Gasteiger partial charge is 0.455 e. The average molecular weight is 774 g/mol. The van der Waals surface area contributed by atoms with Crippen LogP contribution in [-0.2, 0) is 5.41 Å². The van der Waals surface area contributed by atoms with Gasteiger partial charge in [-0.3, -0.25) is 0 Å². The van der Waals surface area contributed by atoms with Crippen LogP contribution in [0.1, 0.15) is 25.0 Å². The summed E-state index contributed by atoms with van der Waals surface area (Å²) >= 11 is 0. The first-order valence-electron chi connectivity index (χ1n) is 20.2. The van der Waals surface area contributed by atoms with E-state index in [1.807, 2.05) is 78.9 Å². The Balaban J connectivity index is 0.973. The Bertz CT molecular complexity index is 3350. The van der Waals surface area contributed by atoms with Crippen LogP contribution in [0, 0.1) is 0 Å². The van der Waals surface area contributed by atoms with Gasteiger partial charge in [0.25, 0.3) is 0 Å². The number of benzene rings is 8. The van der Waals surface area contributed by atoms with E-state index in [9.17, 15) is 0 Å². The Kier molecular flexibility index (Phi) is 7.47. The lowest BCUT2D eigenvalue weighted by atomic mass is 9.82. The molecule has 0 saturated heterocycles. The summed E-state index contributed by atoms with van der Waals surface area (Å²) in [6, 6.07) is 60.0. The molecule has 6 heteroatoms. The fourth-order valence-electron chi connectivity index (χ4n) is 9.09. The summed E-state index contributed by atoms with van der Waals surface area (Å²) in [4.78, 5) is 15.4. The van der Waals surface area contributed by atoms with E-state index >= 15 is 0 Å². The van der Waals surface area contributed by atoms with Gasteiger partial charge in [-0.2, -0.15) is 0 Å². The van der Waals surface area contributed by atoms with Gasteiger partial charge in [0.1, 0.15) is 11.2 Å². The van der Waals surface area contributed by atoms with Gasteiger partial charge in [-0.05, 0) is 46.0 Å². The SMILES string of the molecule is CC1(C)c2ccccc2-c2c1ccc1c2Oc2c(cccc2-c2ccccc2-c2nc(-c3ccccc3)nc(-c3ccc(-c4cccc5c4oc4ccccc45)cc3)n2)O1. The van der Waals surface area contributed by atoms with Crippen LogP contribution in [0.4, 0.5) is 0 Å². The summed E-state index contributed by atoms with van der Waals surface area (Å²) in [7, 11) is 0. The summed E-state index contributed by atoms with van der Waals surface area (Å²) in [5.41, 5.74) is 12.8. The molecular weight excluding hydrogens is 739 g/mol. The molecule has 0 atom stereocenters. The van der Waals surface area contributed by atoms with Crippen LogP contribution in [0.25, 0.3) is 89.5 Å². The molecule has 2 aromatic heterocycles. The molecule has 8 aromatic carbocycles. The van der Waals surface area contributed by atoms with Crippen molar-refractivity contribution >= 4 is 21.9 Å². The monoisotopic (exact) mass is 773 g/mol. The highest BCUT2D eigenvalue weighted by molar-refractivity contribution is 6.09. The Hall–Kier alpha value is -7.83. The second kappa shape index (κ2) is 13.1. The molecule has 12 rings (SSSR count). The van der Waals surface area contributed by atoms with Gasteiger partial charge in [0, 0.05) is 49.6 Å². The summed E-state index contributed by atoms with van der Waals surface area (Å²) in [5, 5.41) is 2.20. The number of ether oxygens (including phenoxy) is 2. The summed E-state index contributed by atoms with van der Waals surface area (Å²) < 4.78 is 20.1. The van der Waals surface area contributed by atoms with Crippen LogP contribution >= 0.6 is 0 Å². The first-order chi connectivity index (χ1) is 29.5. The predicted molar refractivity (Wildman–Crippen MR) is 238 cm³/mol. The minimum Gasteiger partial charge on any atom is -0.455 e. The van der Waals surface area contributed by atoms with Gasteiger partial charge in [0.2, 0.25) is 0 Å². The molecule has 0 spiro atoms. The van der Waals surface area contributed by atoms with Crippen LogP contribution < -0.4 is 9.47 Å². The molecule has 3 heterocycles.